The van der Waals surface area contributed by atoms with E-state index in [-0.39, 0.29) is 6.04 Å². The molecule has 1 atom stereocenters. The van der Waals surface area contributed by atoms with Crippen molar-refractivity contribution in [3.8, 4) is 0 Å². The third kappa shape index (κ3) is 3.63. The van der Waals surface area contributed by atoms with Crippen LogP contribution in [0.2, 0.25) is 0 Å². The van der Waals surface area contributed by atoms with Crippen molar-refractivity contribution in [2.75, 3.05) is 26.3 Å². The topological polar surface area (TPSA) is 32.7 Å². The average Bonchev–Trinajstić information content (AvgIpc) is 2.64. The number of hydrogen-bond donors (Lipinski definition) is 1. The zero-order chi connectivity index (χ0) is 16.1. The first-order chi connectivity index (χ1) is 11.2. The fraction of sp³-hybridized carbons (Fsp3) is 0.400. The van der Waals surface area contributed by atoms with Crippen molar-refractivity contribution < 1.29 is 9.84 Å². The van der Waals surface area contributed by atoms with Crippen LogP contribution in [0.15, 0.2) is 60.7 Å². The third-order valence-corrected chi connectivity index (χ3v) is 4.76. The van der Waals surface area contributed by atoms with Crippen LogP contribution in [0.3, 0.4) is 0 Å². The predicted octanol–water partition coefficient (Wildman–Crippen LogP) is 3.03. The third-order valence-electron chi connectivity index (χ3n) is 4.76. The molecule has 23 heavy (non-hydrogen) atoms. The summed E-state index contributed by atoms with van der Waals surface area (Å²) in [7, 11) is 0. The number of morpholine rings is 1. The molecule has 1 saturated heterocycles. The van der Waals surface area contributed by atoms with Crippen LogP contribution in [0, 0.1) is 0 Å². The highest BCUT2D eigenvalue weighted by Gasteiger charge is 2.35. The summed E-state index contributed by atoms with van der Waals surface area (Å²) in [6, 6.07) is 20.3. The fourth-order valence-electron chi connectivity index (χ4n) is 3.40. The molecule has 1 fully saturated rings. The van der Waals surface area contributed by atoms with E-state index in [1.54, 1.807) is 0 Å². The maximum atomic E-state index is 11.6. The van der Waals surface area contributed by atoms with Gasteiger partial charge in [-0.1, -0.05) is 60.7 Å². The van der Waals surface area contributed by atoms with Gasteiger partial charge in [0.25, 0.3) is 0 Å². The largest absolute Gasteiger partial charge is 0.380 e. The van der Waals surface area contributed by atoms with Gasteiger partial charge in [0.1, 0.15) is 5.60 Å². The fourth-order valence-corrected chi connectivity index (χ4v) is 3.40. The Morgan fingerprint density at radius 2 is 1.43 bits per heavy atom. The number of hydrogen-bond acceptors (Lipinski definition) is 3. The van der Waals surface area contributed by atoms with Gasteiger partial charge in [-0.25, -0.2) is 0 Å². The van der Waals surface area contributed by atoms with Crippen molar-refractivity contribution in [2.24, 2.45) is 0 Å². The highest BCUT2D eigenvalue weighted by atomic mass is 16.5. The molecule has 1 aliphatic heterocycles. The molecule has 0 aromatic heterocycles. The van der Waals surface area contributed by atoms with Crippen LogP contribution in [-0.4, -0.2) is 42.4 Å². The smallest absolute Gasteiger partial charge is 0.116 e. The molecular weight excluding hydrogens is 286 g/mol. The second kappa shape index (κ2) is 7.26. The van der Waals surface area contributed by atoms with E-state index in [1.165, 1.54) is 0 Å². The zero-order valence-electron chi connectivity index (χ0n) is 13.7. The number of ether oxygens (including phenoxy) is 1. The van der Waals surface area contributed by atoms with Crippen molar-refractivity contribution in [3.63, 3.8) is 0 Å². The molecule has 3 rings (SSSR count). The van der Waals surface area contributed by atoms with Gasteiger partial charge >= 0.3 is 0 Å². The van der Waals surface area contributed by atoms with Crippen molar-refractivity contribution in [1.82, 2.24) is 4.90 Å². The molecule has 0 saturated carbocycles. The first kappa shape index (κ1) is 16.2. The van der Waals surface area contributed by atoms with E-state index in [1.807, 2.05) is 60.7 Å². The maximum absolute atomic E-state index is 11.6. The molecule has 1 N–H and O–H groups in total. The molecule has 0 radical (unpaired) electrons. The SMILES string of the molecule is CC(CC(O)(c1ccccc1)c1ccccc1)N1CCOCC1. The number of rotatable bonds is 5. The summed E-state index contributed by atoms with van der Waals surface area (Å²) in [4.78, 5) is 2.40. The van der Waals surface area contributed by atoms with Crippen molar-refractivity contribution >= 4 is 0 Å². The van der Waals surface area contributed by atoms with Crippen LogP contribution in [0.1, 0.15) is 24.5 Å². The molecule has 1 unspecified atom stereocenters. The standard InChI is InChI=1S/C20H25NO2/c1-17(21-12-14-23-15-13-21)16-20(22,18-8-4-2-5-9-18)19-10-6-3-7-11-19/h2-11,17,22H,12-16H2,1H3. The number of aliphatic hydroxyl groups is 1. The molecule has 1 heterocycles. The van der Waals surface area contributed by atoms with E-state index in [0.717, 1.165) is 37.4 Å². The Balaban J connectivity index is 1.89. The van der Waals surface area contributed by atoms with Crippen molar-refractivity contribution in [1.29, 1.82) is 0 Å². The molecule has 2 aromatic rings. The van der Waals surface area contributed by atoms with Gasteiger partial charge in [0.2, 0.25) is 0 Å². The minimum Gasteiger partial charge on any atom is -0.380 e. The summed E-state index contributed by atoms with van der Waals surface area (Å²) in [6.07, 6.45) is 0.668. The molecule has 0 amide bonds. The van der Waals surface area contributed by atoms with Crippen LogP contribution in [0.25, 0.3) is 0 Å². The van der Waals surface area contributed by atoms with E-state index in [4.69, 9.17) is 4.74 Å². The van der Waals surface area contributed by atoms with E-state index in [9.17, 15) is 5.11 Å². The Kier molecular flexibility index (Phi) is 5.11. The molecule has 0 bridgehead atoms. The second-order valence-corrected chi connectivity index (χ2v) is 6.29. The van der Waals surface area contributed by atoms with Gasteiger partial charge in [-0.3, -0.25) is 4.90 Å². The second-order valence-electron chi connectivity index (χ2n) is 6.29. The maximum Gasteiger partial charge on any atom is 0.116 e. The Morgan fingerprint density at radius 1 is 0.957 bits per heavy atom. The highest BCUT2D eigenvalue weighted by molar-refractivity contribution is 5.36. The zero-order valence-corrected chi connectivity index (χ0v) is 13.7. The molecule has 0 spiro atoms. The first-order valence-corrected chi connectivity index (χ1v) is 8.35. The van der Waals surface area contributed by atoms with E-state index < -0.39 is 5.60 Å². The normalized spacial score (nSPS) is 17.8. The van der Waals surface area contributed by atoms with Gasteiger partial charge in [-0.2, -0.15) is 0 Å². The summed E-state index contributed by atoms with van der Waals surface area (Å²) in [6.45, 7) is 5.61. The Bertz CT molecular complexity index is 554. The van der Waals surface area contributed by atoms with E-state index >= 15 is 0 Å². The monoisotopic (exact) mass is 311 g/mol. The van der Waals surface area contributed by atoms with Gasteiger partial charge in [0, 0.05) is 19.1 Å². The molecule has 3 nitrogen and oxygen atoms in total. The predicted molar refractivity (Wildman–Crippen MR) is 92.4 cm³/mol. The number of nitrogens with zero attached hydrogens (tertiary/aromatic N) is 1. The molecule has 122 valence electrons. The minimum absolute atomic E-state index is 0.282. The lowest BCUT2D eigenvalue weighted by atomic mass is 9.81. The molecule has 2 aromatic carbocycles. The summed E-state index contributed by atoms with van der Waals surface area (Å²) in [5, 5.41) is 11.6. The molecule has 3 heteroatoms. The minimum atomic E-state index is -0.972. The Morgan fingerprint density at radius 3 is 1.91 bits per heavy atom. The van der Waals surface area contributed by atoms with E-state index in [2.05, 4.69) is 11.8 Å². The van der Waals surface area contributed by atoms with Crippen molar-refractivity contribution in [2.45, 2.75) is 25.0 Å². The van der Waals surface area contributed by atoms with Crippen LogP contribution >= 0.6 is 0 Å². The summed E-state index contributed by atoms with van der Waals surface area (Å²) >= 11 is 0. The van der Waals surface area contributed by atoms with Crippen LogP contribution in [0.5, 0.6) is 0 Å². The van der Waals surface area contributed by atoms with Crippen LogP contribution in [-0.2, 0) is 10.3 Å². The van der Waals surface area contributed by atoms with Crippen LogP contribution in [0.4, 0.5) is 0 Å². The molecule has 1 aliphatic rings. The van der Waals surface area contributed by atoms with Crippen molar-refractivity contribution in [3.05, 3.63) is 71.8 Å². The summed E-state index contributed by atoms with van der Waals surface area (Å²) in [5.41, 5.74) is 0.929. The van der Waals surface area contributed by atoms with Gasteiger partial charge in [0.15, 0.2) is 0 Å². The Hall–Kier alpha value is -1.68. The average molecular weight is 311 g/mol. The van der Waals surface area contributed by atoms with Gasteiger partial charge in [-0.15, -0.1) is 0 Å². The summed E-state index contributed by atoms with van der Waals surface area (Å²) < 4.78 is 5.45. The van der Waals surface area contributed by atoms with Gasteiger partial charge < -0.3 is 9.84 Å². The lowest BCUT2D eigenvalue weighted by molar-refractivity contribution is -0.00981. The van der Waals surface area contributed by atoms with E-state index in [0.29, 0.717) is 6.42 Å². The molecular formula is C20H25NO2. The molecule has 0 aliphatic carbocycles. The lowest BCUT2D eigenvalue weighted by Crippen LogP contribution is -2.45. The van der Waals surface area contributed by atoms with Crippen LogP contribution < -0.4 is 0 Å². The lowest BCUT2D eigenvalue weighted by Gasteiger charge is -2.38. The number of benzene rings is 2. The highest BCUT2D eigenvalue weighted by Crippen LogP contribution is 2.35. The Labute approximate surface area is 138 Å². The quantitative estimate of drug-likeness (QED) is 0.921. The van der Waals surface area contributed by atoms with Gasteiger partial charge in [0.05, 0.1) is 13.2 Å². The van der Waals surface area contributed by atoms with Gasteiger partial charge in [-0.05, 0) is 24.5 Å². The first-order valence-electron chi connectivity index (χ1n) is 8.35. The summed E-state index contributed by atoms with van der Waals surface area (Å²) in [5.74, 6) is 0.